The molecule has 0 aliphatic rings. The number of rotatable bonds is 4. The van der Waals surface area contributed by atoms with Crippen LogP contribution in [0.3, 0.4) is 0 Å². The maximum atomic E-state index is 12.5. The fourth-order valence-corrected chi connectivity index (χ4v) is 3.32. The van der Waals surface area contributed by atoms with E-state index in [0.29, 0.717) is 0 Å². The van der Waals surface area contributed by atoms with Crippen molar-refractivity contribution >= 4 is 33.4 Å². The summed E-state index contributed by atoms with van der Waals surface area (Å²) in [6, 6.07) is 6.98. The summed E-state index contributed by atoms with van der Waals surface area (Å²) in [6.07, 6.45) is 1.38. The predicted molar refractivity (Wildman–Crippen MR) is 97.1 cm³/mol. The van der Waals surface area contributed by atoms with E-state index >= 15 is 0 Å². The van der Waals surface area contributed by atoms with Crippen LogP contribution in [0.1, 0.15) is 26.3 Å². The number of fused-ring (bicyclic) bond motifs is 1. The summed E-state index contributed by atoms with van der Waals surface area (Å²) in [4.78, 5) is 25.5. The SMILES string of the molecule is CN(C#N)C(=O)C(Cc1csc2ccccc12)NC(=O)OC(C)(C)C. The van der Waals surface area contributed by atoms with Gasteiger partial charge in [-0.15, -0.1) is 11.3 Å². The minimum absolute atomic E-state index is 0.286. The first-order valence-electron chi connectivity index (χ1n) is 7.83. The van der Waals surface area contributed by atoms with Gasteiger partial charge in [-0.1, -0.05) is 18.2 Å². The largest absolute Gasteiger partial charge is 0.444 e. The van der Waals surface area contributed by atoms with Crippen LogP contribution in [-0.2, 0) is 16.0 Å². The van der Waals surface area contributed by atoms with Crippen molar-refractivity contribution in [2.75, 3.05) is 7.05 Å². The molecular formula is C18H21N3O3S. The third-order valence-electron chi connectivity index (χ3n) is 3.45. The van der Waals surface area contributed by atoms with Crippen molar-refractivity contribution in [2.24, 2.45) is 0 Å². The van der Waals surface area contributed by atoms with Gasteiger partial charge in [-0.2, -0.15) is 5.26 Å². The lowest BCUT2D eigenvalue weighted by Crippen LogP contribution is -2.48. The first kappa shape index (κ1) is 18.7. The van der Waals surface area contributed by atoms with E-state index in [1.165, 1.54) is 7.05 Å². The maximum Gasteiger partial charge on any atom is 0.408 e. The molecular weight excluding hydrogens is 338 g/mol. The number of nitriles is 1. The van der Waals surface area contributed by atoms with E-state index in [1.807, 2.05) is 29.6 Å². The molecule has 0 spiro atoms. The summed E-state index contributed by atoms with van der Waals surface area (Å²) >= 11 is 1.58. The second-order valence-corrected chi connectivity index (χ2v) is 7.57. The topological polar surface area (TPSA) is 82.4 Å². The molecule has 2 amide bonds. The number of carbonyl (C=O) groups is 2. The molecule has 1 aromatic heterocycles. The third-order valence-corrected chi connectivity index (χ3v) is 4.47. The number of nitrogens with one attached hydrogen (secondary N) is 1. The predicted octanol–water partition coefficient (Wildman–Crippen LogP) is 3.28. The molecule has 132 valence electrons. The molecule has 2 rings (SSSR count). The minimum Gasteiger partial charge on any atom is -0.444 e. The molecule has 2 aromatic rings. The van der Waals surface area contributed by atoms with E-state index in [4.69, 9.17) is 10.00 Å². The van der Waals surface area contributed by atoms with Gasteiger partial charge in [0.15, 0.2) is 6.19 Å². The average molecular weight is 359 g/mol. The van der Waals surface area contributed by atoms with Crippen molar-refractivity contribution in [2.45, 2.75) is 38.8 Å². The molecule has 0 aliphatic heterocycles. The van der Waals surface area contributed by atoms with Gasteiger partial charge in [0.2, 0.25) is 0 Å². The molecule has 0 saturated heterocycles. The van der Waals surface area contributed by atoms with Crippen molar-refractivity contribution in [3.05, 3.63) is 35.2 Å². The average Bonchev–Trinajstić information content (AvgIpc) is 2.94. The lowest BCUT2D eigenvalue weighted by Gasteiger charge is -2.24. The van der Waals surface area contributed by atoms with E-state index in [2.05, 4.69) is 5.32 Å². The fourth-order valence-electron chi connectivity index (χ4n) is 2.34. The molecule has 0 aliphatic carbocycles. The molecule has 6 nitrogen and oxygen atoms in total. The first-order valence-corrected chi connectivity index (χ1v) is 8.71. The van der Waals surface area contributed by atoms with Crippen LogP contribution in [0, 0.1) is 11.5 Å². The highest BCUT2D eigenvalue weighted by Crippen LogP contribution is 2.26. The van der Waals surface area contributed by atoms with Crippen molar-refractivity contribution in [1.82, 2.24) is 10.2 Å². The zero-order chi connectivity index (χ0) is 18.6. The summed E-state index contributed by atoms with van der Waals surface area (Å²) in [5.74, 6) is -0.483. The molecule has 1 atom stereocenters. The van der Waals surface area contributed by atoms with Gasteiger partial charge in [0.25, 0.3) is 5.91 Å². The number of ether oxygens (including phenoxy) is 1. The Balaban J connectivity index is 2.24. The Morgan fingerprint density at radius 2 is 2.04 bits per heavy atom. The Bertz CT molecular complexity index is 817. The molecule has 1 aromatic carbocycles. The number of thiophene rings is 1. The molecule has 1 N–H and O–H groups in total. The summed E-state index contributed by atoms with van der Waals surface area (Å²) in [5.41, 5.74) is 0.273. The van der Waals surface area contributed by atoms with Gasteiger partial charge in [-0.05, 0) is 43.2 Å². The van der Waals surface area contributed by atoms with Gasteiger partial charge in [0.05, 0.1) is 0 Å². The van der Waals surface area contributed by atoms with E-state index in [1.54, 1.807) is 38.3 Å². The summed E-state index contributed by atoms with van der Waals surface area (Å²) < 4.78 is 6.34. The normalized spacial score (nSPS) is 12.3. The lowest BCUT2D eigenvalue weighted by atomic mass is 10.0. The summed E-state index contributed by atoms with van der Waals surface area (Å²) in [6.45, 7) is 5.24. The Hall–Kier alpha value is -2.59. The highest BCUT2D eigenvalue weighted by molar-refractivity contribution is 7.17. The molecule has 0 bridgehead atoms. The Morgan fingerprint density at radius 1 is 1.36 bits per heavy atom. The molecule has 1 unspecified atom stereocenters. The van der Waals surface area contributed by atoms with Gasteiger partial charge < -0.3 is 10.1 Å². The number of hydrogen-bond donors (Lipinski definition) is 1. The summed E-state index contributed by atoms with van der Waals surface area (Å²) in [5, 5.41) is 14.6. The van der Waals surface area contributed by atoms with Crippen LogP contribution in [0.25, 0.3) is 10.1 Å². The Kier molecular flexibility index (Phi) is 5.65. The van der Waals surface area contributed by atoms with E-state index in [9.17, 15) is 9.59 Å². The van der Waals surface area contributed by atoms with Crippen molar-refractivity contribution in [1.29, 1.82) is 5.26 Å². The number of hydrogen-bond acceptors (Lipinski definition) is 5. The highest BCUT2D eigenvalue weighted by Gasteiger charge is 2.27. The Morgan fingerprint density at radius 3 is 2.68 bits per heavy atom. The number of likely N-dealkylation sites (N-methyl/N-ethyl adjacent to an activating group) is 1. The maximum absolute atomic E-state index is 12.5. The van der Waals surface area contributed by atoms with Crippen LogP contribution in [0.2, 0.25) is 0 Å². The number of nitrogens with zero attached hydrogens (tertiary/aromatic N) is 2. The van der Waals surface area contributed by atoms with E-state index < -0.39 is 23.6 Å². The van der Waals surface area contributed by atoms with Crippen LogP contribution in [-0.4, -0.2) is 35.6 Å². The van der Waals surface area contributed by atoms with Gasteiger partial charge in [0.1, 0.15) is 11.6 Å². The highest BCUT2D eigenvalue weighted by atomic mass is 32.1. The van der Waals surface area contributed by atoms with Crippen LogP contribution in [0.5, 0.6) is 0 Å². The van der Waals surface area contributed by atoms with E-state index in [-0.39, 0.29) is 6.42 Å². The number of alkyl carbamates (subject to hydrolysis) is 1. The zero-order valence-corrected chi connectivity index (χ0v) is 15.5. The quantitative estimate of drug-likeness (QED) is 0.671. The first-order chi connectivity index (χ1) is 11.7. The van der Waals surface area contributed by atoms with Crippen LogP contribution in [0.4, 0.5) is 4.79 Å². The minimum atomic E-state index is -0.877. The lowest BCUT2D eigenvalue weighted by molar-refractivity contribution is -0.129. The molecule has 1 heterocycles. The van der Waals surface area contributed by atoms with Gasteiger partial charge >= 0.3 is 6.09 Å². The van der Waals surface area contributed by atoms with Gasteiger partial charge in [0, 0.05) is 18.2 Å². The third kappa shape index (κ3) is 4.94. The smallest absolute Gasteiger partial charge is 0.408 e. The van der Waals surface area contributed by atoms with Gasteiger partial charge in [-0.3, -0.25) is 9.69 Å². The summed E-state index contributed by atoms with van der Waals surface area (Å²) in [7, 11) is 1.37. The molecule has 0 saturated carbocycles. The number of carbonyl (C=O) groups excluding carboxylic acids is 2. The molecule has 25 heavy (non-hydrogen) atoms. The zero-order valence-electron chi connectivity index (χ0n) is 14.7. The second kappa shape index (κ2) is 7.53. The van der Waals surface area contributed by atoms with Crippen molar-refractivity contribution in [3.8, 4) is 6.19 Å². The van der Waals surface area contributed by atoms with Crippen molar-refractivity contribution < 1.29 is 14.3 Å². The monoisotopic (exact) mass is 359 g/mol. The van der Waals surface area contributed by atoms with E-state index in [0.717, 1.165) is 20.5 Å². The molecule has 7 heteroatoms. The van der Waals surface area contributed by atoms with Crippen LogP contribution in [0.15, 0.2) is 29.6 Å². The number of benzene rings is 1. The van der Waals surface area contributed by atoms with Crippen LogP contribution < -0.4 is 5.32 Å². The standard InChI is InChI=1S/C18H21N3O3S/c1-18(2,3)24-17(23)20-14(16(22)21(4)11-19)9-12-10-25-15-8-6-5-7-13(12)15/h5-8,10,14H,9H2,1-4H3,(H,20,23). The van der Waals surface area contributed by atoms with Gasteiger partial charge in [-0.25, -0.2) is 4.79 Å². The number of amides is 2. The fraction of sp³-hybridized carbons (Fsp3) is 0.389. The second-order valence-electron chi connectivity index (χ2n) is 6.66. The Labute approximate surface area is 151 Å². The molecule has 0 radical (unpaired) electrons. The molecule has 0 fully saturated rings. The van der Waals surface area contributed by atoms with Crippen LogP contribution >= 0.6 is 11.3 Å². The van der Waals surface area contributed by atoms with Crippen molar-refractivity contribution in [3.63, 3.8) is 0 Å².